The third-order valence-electron chi connectivity index (χ3n) is 4.79. The Labute approximate surface area is 128 Å². The number of hydrogen-bond acceptors (Lipinski definition) is 1. The van der Waals surface area contributed by atoms with Crippen LogP contribution in [0.1, 0.15) is 37.4 Å². The molecule has 3 rings (SSSR count). The number of benzene rings is 2. The van der Waals surface area contributed by atoms with Crippen LogP contribution in [0.4, 0.5) is 0 Å². The molecular weight excluding hydrogens is 254 g/mol. The standard InChI is InChI=1S/C20H25N/c1-16(2)19-13-14-21(15-19)20(17-9-5-3-6-10-17)18-11-7-4-8-12-18/h3-12,16,19-20H,13-15H2,1-2H3/t19-/m1/s1. The summed E-state index contributed by atoms with van der Waals surface area (Å²) in [6.45, 7) is 7.13. The van der Waals surface area contributed by atoms with Crippen molar-refractivity contribution in [2.75, 3.05) is 13.1 Å². The molecule has 0 amide bonds. The van der Waals surface area contributed by atoms with Gasteiger partial charge in [-0.15, -0.1) is 0 Å². The predicted molar refractivity (Wildman–Crippen MR) is 89.2 cm³/mol. The van der Waals surface area contributed by atoms with Crippen molar-refractivity contribution in [3.8, 4) is 0 Å². The van der Waals surface area contributed by atoms with Gasteiger partial charge in [-0.1, -0.05) is 74.5 Å². The highest BCUT2D eigenvalue weighted by molar-refractivity contribution is 5.32. The van der Waals surface area contributed by atoms with Gasteiger partial charge in [0, 0.05) is 6.54 Å². The fourth-order valence-electron chi connectivity index (χ4n) is 3.48. The molecule has 0 spiro atoms. The Balaban J connectivity index is 1.91. The molecule has 1 nitrogen and oxygen atoms in total. The van der Waals surface area contributed by atoms with E-state index in [4.69, 9.17) is 0 Å². The van der Waals surface area contributed by atoms with Gasteiger partial charge in [0.15, 0.2) is 0 Å². The van der Waals surface area contributed by atoms with Gasteiger partial charge in [-0.05, 0) is 35.9 Å². The summed E-state index contributed by atoms with van der Waals surface area (Å²) >= 11 is 0. The van der Waals surface area contributed by atoms with Crippen LogP contribution in [0, 0.1) is 11.8 Å². The molecule has 1 heterocycles. The molecule has 21 heavy (non-hydrogen) atoms. The maximum Gasteiger partial charge on any atom is 0.0601 e. The summed E-state index contributed by atoms with van der Waals surface area (Å²) in [4.78, 5) is 2.66. The molecule has 1 aliphatic heterocycles. The van der Waals surface area contributed by atoms with Crippen LogP contribution in [0.3, 0.4) is 0 Å². The van der Waals surface area contributed by atoms with Gasteiger partial charge in [0.05, 0.1) is 6.04 Å². The Bertz CT molecular complexity index is 507. The summed E-state index contributed by atoms with van der Waals surface area (Å²) in [6, 6.07) is 22.3. The normalized spacial score (nSPS) is 19.5. The van der Waals surface area contributed by atoms with E-state index in [0.29, 0.717) is 6.04 Å². The summed E-state index contributed by atoms with van der Waals surface area (Å²) in [5.41, 5.74) is 2.82. The van der Waals surface area contributed by atoms with Gasteiger partial charge in [-0.2, -0.15) is 0 Å². The first-order valence-electron chi connectivity index (χ1n) is 8.09. The van der Waals surface area contributed by atoms with E-state index in [1.54, 1.807) is 0 Å². The van der Waals surface area contributed by atoms with Gasteiger partial charge >= 0.3 is 0 Å². The largest absolute Gasteiger partial charge is 0.292 e. The van der Waals surface area contributed by atoms with E-state index < -0.39 is 0 Å². The minimum atomic E-state index is 0.399. The van der Waals surface area contributed by atoms with Crippen LogP contribution in [0.25, 0.3) is 0 Å². The van der Waals surface area contributed by atoms with E-state index in [0.717, 1.165) is 11.8 Å². The molecule has 2 aromatic rings. The molecule has 1 saturated heterocycles. The number of likely N-dealkylation sites (tertiary alicyclic amines) is 1. The number of nitrogens with zero attached hydrogens (tertiary/aromatic N) is 1. The van der Waals surface area contributed by atoms with E-state index in [2.05, 4.69) is 79.4 Å². The van der Waals surface area contributed by atoms with Crippen LogP contribution in [-0.2, 0) is 0 Å². The average molecular weight is 279 g/mol. The zero-order chi connectivity index (χ0) is 14.7. The Morgan fingerprint density at radius 1 is 0.857 bits per heavy atom. The van der Waals surface area contributed by atoms with Crippen molar-refractivity contribution >= 4 is 0 Å². The lowest BCUT2D eigenvalue weighted by Crippen LogP contribution is -2.28. The van der Waals surface area contributed by atoms with Crippen molar-refractivity contribution in [1.29, 1.82) is 0 Å². The van der Waals surface area contributed by atoms with Crippen molar-refractivity contribution < 1.29 is 0 Å². The quantitative estimate of drug-likeness (QED) is 0.780. The fraction of sp³-hybridized carbons (Fsp3) is 0.400. The Morgan fingerprint density at radius 2 is 1.38 bits per heavy atom. The average Bonchev–Trinajstić information content (AvgIpc) is 3.00. The molecule has 0 aromatic heterocycles. The van der Waals surface area contributed by atoms with E-state index in [-0.39, 0.29) is 0 Å². The molecular formula is C20H25N. The second kappa shape index (κ2) is 6.44. The van der Waals surface area contributed by atoms with Gasteiger partial charge in [0.1, 0.15) is 0 Å². The topological polar surface area (TPSA) is 3.24 Å². The van der Waals surface area contributed by atoms with Crippen LogP contribution in [-0.4, -0.2) is 18.0 Å². The maximum atomic E-state index is 2.66. The minimum Gasteiger partial charge on any atom is -0.292 e. The lowest BCUT2D eigenvalue weighted by molar-refractivity contribution is 0.257. The number of hydrogen-bond donors (Lipinski definition) is 0. The first-order valence-corrected chi connectivity index (χ1v) is 8.09. The van der Waals surface area contributed by atoms with Gasteiger partial charge in [0.2, 0.25) is 0 Å². The highest BCUT2D eigenvalue weighted by atomic mass is 15.2. The van der Waals surface area contributed by atoms with E-state index in [1.165, 1.54) is 30.6 Å². The summed E-state index contributed by atoms with van der Waals surface area (Å²) in [6.07, 6.45) is 1.33. The van der Waals surface area contributed by atoms with Crippen molar-refractivity contribution in [3.63, 3.8) is 0 Å². The molecule has 1 aliphatic rings. The van der Waals surface area contributed by atoms with Crippen LogP contribution in [0.5, 0.6) is 0 Å². The van der Waals surface area contributed by atoms with E-state index >= 15 is 0 Å². The fourth-order valence-corrected chi connectivity index (χ4v) is 3.48. The lowest BCUT2D eigenvalue weighted by Gasteiger charge is -2.29. The molecule has 0 N–H and O–H groups in total. The minimum absolute atomic E-state index is 0.399. The molecule has 0 saturated carbocycles. The molecule has 110 valence electrons. The van der Waals surface area contributed by atoms with Crippen LogP contribution < -0.4 is 0 Å². The summed E-state index contributed by atoms with van der Waals surface area (Å²) in [5.74, 6) is 1.61. The maximum absolute atomic E-state index is 2.66. The lowest BCUT2D eigenvalue weighted by atomic mass is 9.94. The Kier molecular flexibility index (Phi) is 4.40. The molecule has 1 heteroatoms. The van der Waals surface area contributed by atoms with E-state index in [1.807, 2.05) is 0 Å². The SMILES string of the molecule is CC(C)[C@@H]1CCN(C(c2ccccc2)c2ccccc2)C1. The Morgan fingerprint density at radius 3 is 1.81 bits per heavy atom. The zero-order valence-electron chi connectivity index (χ0n) is 13.1. The summed E-state index contributed by atoms with van der Waals surface area (Å²) < 4.78 is 0. The third-order valence-corrected chi connectivity index (χ3v) is 4.79. The highest BCUT2D eigenvalue weighted by Gasteiger charge is 2.31. The van der Waals surface area contributed by atoms with Crippen LogP contribution >= 0.6 is 0 Å². The number of rotatable bonds is 4. The van der Waals surface area contributed by atoms with Gasteiger partial charge < -0.3 is 0 Å². The second-order valence-corrected chi connectivity index (χ2v) is 6.51. The van der Waals surface area contributed by atoms with Gasteiger partial charge in [-0.3, -0.25) is 4.90 Å². The molecule has 2 aromatic carbocycles. The van der Waals surface area contributed by atoms with Gasteiger partial charge in [0.25, 0.3) is 0 Å². The summed E-state index contributed by atoms with van der Waals surface area (Å²) in [7, 11) is 0. The zero-order valence-corrected chi connectivity index (χ0v) is 13.1. The van der Waals surface area contributed by atoms with Gasteiger partial charge in [-0.25, -0.2) is 0 Å². The van der Waals surface area contributed by atoms with Crippen LogP contribution in [0.2, 0.25) is 0 Å². The monoisotopic (exact) mass is 279 g/mol. The van der Waals surface area contributed by atoms with Crippen molar-refractivity contribution in [3.05, 3.63) is 71.8 Å². The summed E-state index contributed by atoms with van der Waals surface area (Å²) in [5, 5.41) is 0. The predicted octanol–water partition coefficient (Wildman–Crippen LogP) is 4.75. The third kappa shape index (κ3) is 3.19. The first-order chi connectivity index (χ1) is 10.3. The molecule has 0 bridgehead atoms. The second-order valence-electron chi connectivity index (χ2n) is 6.51. The molecule has 0 unspecified atom stereocenters. The van der Waals surface area contributed by atoms with Crippen LogP contribution in [0.15, 0.2) is 60.7 Å². The highest BCUT2D eigenvalue weighted by Crippen LogP contribution is 2.35. The van der Waals surface area contributed by atoms with Crippen molar-refractivity contribution in [2.24, 2.45) is 11.8 Å². The molecule has 1 fully saturated rings. The molecule has 1 atom stereocenters. The molecule has 0 aliphatic carbocycles. The Hall–Kier alpha value is -1.60. The molecule has 0 radical (unpaired) electrons. The smallest absolute Gasteiger partial charge is 0.0601 e. The first kappa shape index (κ1) is 14.3. The van der Waals surface area contributed by atoms with E-state index in [9.17, 15) is 0 Å². The van der Waals surface area contributed by atoms with Crippen molar-refractivity contribution in [2.45, 2.75) is 26.3 Å². The van der Waals surface area contributed by atoms with Crippen molar-refractivity contribution in [1.82, 2.24) is 4.90 Å².